The molecule has 5 nitrogen and oxygen atoms in total. The van der Waals surface area contributed by atoms with Crippen LogP contribution in [0, 0.1) is 5.92 Å². The molecule has 1 aromatic carbocycles. The summed E-state index contributed by atoms with van der Waals surface area (Å²) in [5.41, 5.74) is 6.95. The molecular weight excluding hydrogens is 288 g/mol. The summed E-state index contributed by atoms with van der Waals surface area (Å²) in [7, 11) is 0. The molecule has 2 rings (SSSR count). The Bertz CT molecular complexity index is 594. The largest absolute Gasteiger partial charge is 0.330 e. The van der Waals surface area contributed by atoms with Crippen LogP contribution in [0.1, 0.15) is 19.8 Å². The Balaban J connectivity index is 2.21. The van der Waals surface area contributed by atoms with E-state index in [4.69, 9.17) is 17.3 Å². The van der Waals surface area contributed by atoms with Gasteiger partial charge in [0.25, 0.3) is 0 Å². The molecule has 1 atom stereocenters. The van der Waals surface area contributed by atoms with Crippen molar-refractivity contribution in [2.75, 3.05) is 11.9 Å². The molecule has 0 aliphatic rings. The first-order valence-corrected chi connectivity index (χ1v) is 7.32. The number of hydrogen-bond acceptors (Lipinski definition) is 3. The standard InChI is InChI=1S/C15H19ClN4O/c1-2-11(10-17)9-14(21)19-13-6-3-5-12(16)15(13)20-8-4-7-18-20/h3-8,11H,2,9-10,17H2,1H3,(H,19,21). The topological polar surface area (TPSA) is 72.9 Å². The van der Waals surface area contributed by atoms with E-state index < -0.39 is 0 Å². The van der Waals surface area contributed by atoms with Crippen molar-refractivity contribution in [3.8, 4) is 5.69 Å². The molecule has 112 valence electrons. The molecule has 2 aromatic rings. The average Bonchev–Trinajstić information content (AvgIpc) is 2.98. The number of nitrogens with one attached hydrogen (secondary N) is 1. The molecule has 0 bridgehead atoms. The van der Waals surface area contributed by atoms with E-state index in [1.165, 1.54) is 0 Å². The molecule has 6 heteroatoms. The Morgan fingerprint density at radius 3 is 2.90 bits per heavy atom. The first-order valence-electron chi connectivity index (χ1n) is 6.94. The van der Waals surface area contributed by atoms with Crippen LogP contribution in [0.3, 0.4) is 0 Å². The third-order valence-electron chi connectivity index (χ3n) is 3.38. The molecule has 0 aliphatic carbocycles. The second kappa shape index (κ2) is 7.24. The maximum atomic E-state index is 12.1. The minimum absolute atomic E-state index is 0.0667. The number of halogens is 1. The summed E-state index contributed by atoms with van der Waals surface area (Å²) in [6.45, 7) is 2.53. The van der Waals surface area contributed by atoms with Crippen molar-refractivity contribution >= 4 is 23.2 Å². The van der Waals surface area contributed by atoms with Crippen LogP contribution >= 0.6 is 11.6 Å². The first kappa shape index (κ1) is 15.5. The number of amides is 1. The maximum absolute atomic E-state index is 12.1. The van der Waals surface area contributed by atoms with Crippen molar-refractivity contribution in [3.05, 3.63) is 41.7 Å². The number of hydrogen-bond donors (Lipinski definition) is 2. The van der Waals surface area contributed by atoms with E-state index in [1.807, 2.05) is 13.0 Å². The Hall–Kier alpha value is -1.85. The van der Waals surface area contributed by atoms with E-state index in [9.17, 15) is 4.79 Å². The number of nitrogens with two attached hydrogens (primary N) is 1. The number of carbonyl (C=O) groups is 1. The van der Waals surface area contributed by atoms with Gasteiger partial charge in [0.1, 0.15) is 5.69 Å². The number of aromatic nitrogens is 2. The zero-order valence-electron chi connectivity index (χ0n) is 11.9. The minimum atomic E-state index is -0.0667. The quantitative estimate of drug-likeness (QED) is 0.862. The van der Waals surface area contributed by atoms with Gasteiger partial charge in [0.2, 0.25) is 5.91 Å². The van der Waals surface area contributed by atoms with Gasteiger partial charge in [-0.1, -0.05) is 31.0 Å². The van der Waals surface area contributed by atoms with Crippen molar-refractivity contribution in [2.45, 2.75) is 19.8 Å². The van der Waals surface area contributed by atoms with Gasteiger partial charge in [-0.2, -0.15) is 5.10 Å². The highest BCUT2D eigenvalue weighted by Crippen LogP contribution is 2.28. The predicted octanol–water partition coefficient (Wildman–Crippen LogP) is 2.84. The Kier molecular flexibility index (Phi) is 5.36. The number of para-hydroxylation sites is 1. The SMILES string of the molecule is CCC(CN)CC(=O)Nc1cccc(Cl)c1-n1cccn1. The molecule has 1 amide bonds. The van der Waals surface area contributed by atoms with E-state index >= 15 is 0 Å². The molecule has 21 heavy (non-hydrogen) atoms. The zero-order valence-corrected chi connectivity index (χ0v) is 12.7. The van der Waals surface area contributed by atoms with Crippen LogP contribution in [0.4, 0.5) is 5.69 Å². The van der Waals surface area contributed by atoms with E-state index in [1.54, 1.807) is 35.3 Å². The number of rotatable bonds is 6. The molecule has 1 aromatic heterocycles. The number of anilines is 1. The van der Waals surface area contributed by atoms with Crippen LogP contribution in [-0.4, -0.2) is 22.2 Å². The normalized spacial score (nSPS) is 12.1. The van der Waals surface area contributed by atoms with Crippen LogP contribution in [-0.2, 0) is 4.79 Å². The maximum Gasteiger partial charge on any atom is 0.224 e. The molecule has 3 N–H and O–H groups in total. The Morgan fingerprint density at radius 1 is 1.48 bits per heavy atom. The molecule has 0 saturated carbocycles. The lowest BCUT2D eigenvalue weighted by Crippen LogP contribution is -2.22. The first-order chi connectivity index (χ1) is 10.2. The summed E-state index contributed by atoms with van der Waals surface area (Å²) < 4.78 is 1.64. The highest BCUT2D eigenvalue weighted by atomic mass is 35.5. The number of benzene rings is 1. The second-order valence-corrected chi connectivity index (χ2v) is 5.26. The minimum Gasteiger partial charge on any atom is -0.330 e. The summed E-state index contributed by atoms with van der Waals surface area (Å²) in [6.07, 6.45) is 4.73. The van der Waals surface area contributed by atoms with E-state index in [2.05, 4.69) is 10.4 Å². The average molecular weight is 307 g/mol. The number of carbonyl (C=O) groups excluding carboxylic acids is 1. The van der Waals surface area contributed by atoms with Gasteiger partial charge in [-0.25, -0.2) is 4.68 Å². The van der Waals surface area contributed by atoms with Crippen molar-refractivity contribution < 1.29 is 4.79 Å². The van der Waals surface area contributed by atoms with Gasteiger partial charge in [0.15, 0.2) is 0 Å². The van der Waals surface area contributed by atoms with Crippen LogP contribution in [0.25, 0.3) is 5.69 Å². The Morgan fingerprint density at radius 2 is 2.29 bits per heavy atom. The monoisotopic (exact) mass is 306 g/mol. The van der Waals surface area contributed by atoms with Crippen LogP contribution in [0.2, 0.25) is 5.02 Å². The summed E-state index contributed by atoms with van der Waals surface area (Å²) >= 11 is 6.23. The van der Waals surface area contributed by atoms with Crippen molar-refractivity contribution in [2.24, 2.45) is 11.7 Å². The molecule has 0 saturated heterocycles. The Labute approximate surface area is 129 Å². The highest BCUT2D eigenvalue weighted by Gasteiger charge is 2.15. The fourth-order valence-corrected chi connectivity index (χ4v) is 2.37. The lowest BCUT2D eigenvalue weighted by molar-refractivity contribution is -0.117. The lowest BCUT2D eigenvalue weighted by atomic mass is 10.0. The van der Waals surface area contributed by atoms with E-state index in [-0.39, 0.29) is 11.8 Å². The molecule has 0 spiro atoms. The smallest absolute Gasteiger partial charge is 0.224 e. The fourth-order valence-electron chi connectivity index (χ4n) is 2.11. The van der Waals surface area contributed by atoms with Gasteiger partial charge < -0.3 is 11.1 Å². The highest BCUT2D eigenvalue weighted by molar-refractivity contribution is 6.33. The third-order valence-corrected chi connectivity index (χ3v) is 3.68. The predicted molar refractivity (Wildman–Crippen MR) is 84.7 cm³/mol. The summed E-state index contributed by atoms with van der Waals surface area (Å²) in [5.74, 6) is 0.125. The summed E-state index contributed by atoms with van der Waals surface area (Å²) in [5, 5.41) is 7.60. The molecule has 0 aliphatic heterocycles. The number of nitrogens with zero attached hydrogens (tertiary/aromatic N) is 2. The third kappa shape index (κ3) is 3.83. The van der Waals surface area contributed by atoms with Crippen molar-refractivity contribution in [1.82, 2.24) is 9.78 Å². The summed E-state index contributed by atoms with van der Waals surface area (Å²) in [6, 6.07) is 7.18. The van der Waals surface area contributed by atoms with Crippen LogP contribution in [0.15, 0.2) is 36.7 Å². The van der Waals surface area contributed by atoms with Crippen molar-refractivity contribution in [3.63, 3.8) is 0 Å². The van der Waals surface area contributed by atoms with Gasteiger partial charge in [-0.3, -0.25) is 4.79 Å². The van der Waals surface area contributed by atoms with Crippen LogP contribution in [0.5, 0.6) is 0 Å². The van der Waals surface area contributed by atoms with Crippen molar-refractivity contribution in [1.29, 1.82) is 0 Å². The van der Waals surface area contributed by atoms with Gasteiger partial charge in [0, 0.05) is 18.8 Å². The van der Waals surface area contributed by atoms with Gasteiger partial charge in [-0.05, 0) is 30.7 Å². The van der Waals surface area contributed by atoms with Gasteiger partial charge >= 0.3 is 0 Å². The molecule has 1 heterocycles. The lowest BCUT2D eigenvalue weighted by Gasteiger charge is -2.15. The van der Waals surface area contributed by atoms with Gasteiger partial charge in [-0.15, -0.1) is 0 Å². The van der Waals surface area contributed by atoms with E-state index in [0.717, 1.165) is 6.42 Å². The molecule has 1 unspecified atom stereocenters. The zero-order chi connectivity index (χ0) is 15.2. The second-order valence-electron chi connectivity index (χ2n) is 4.85. The fraction of sp³-hybridized carbons (Fsp3) is 0.333. The molecule has 0 fully saturated rings. The molecule has 0 radical (unpaired) electrons. The van der Waals surface area contributed by atoms with Gasteiger partial charge in [0.05, 0.1) is 10.7 Å². The van der Waals surface area contributed by atoms with Crippen LogP contribution < -0.4 is 11.1 Å². The molecular formula is C15H19ClN4O. The van der Waals surface area contributed by atoms with E-state index in [0.29, 0.717) is 29.4 Å². The summed E-state index contributed by atoms with van der Waals surface area (Å²) in [4.78, 5) is 12.1.